The third kappa shape index (κ3) is 3.23. The molecule has 1 atom stereocenters. The summed E-state index contributed by atoms with van der Waals surface area (Å²) in [4.78, 5) is 1.21. The lowest BCUT2D eigenvalue weighted by molar-refractivity contribution is 0.403. The molecular formula is C17H22N2OS. The van der Waals surface area contributed by atoms with E-state index in [-0.39, 0.29) is 6.04 Å². The van der Waals surface area contributed by atoms with Crippen LogP contribution in [-0.2, 0) is 0 Å². The highest BCUT2D eigenvalue weighted by Gasteiger charge is 2.21. The van der Waals surface area contributed by atoms with Gasteiger partial charge >= 0.3 is 0 Å². The van der Waals surface area contributed by atoms with E-state index in [1.807, 2.05) is 18.2 Å². The van der Waals surface area contributed by atoms with Gasteiger partial charge in [0.2, 0.25) is 0 Å². The number of thioether (sulfide) groups is 1. The van der Waals surface area contributed by atoms with Gasteiger partial charge < -0.3 is 4.74 Å². The maximum absolute atomic E-state index is 5.88. The number of hydrogen-bond acceptors (Lipinski definition) is 4. The van der Waals surface area contributed by atoms with Crippen molar-refractivity contribution < 1.29 is 4.74 Å². The van der Waals surface area contributed by atoms with Crippen LogP contribution in [0.4, 0.5) is 0 Å². The van der Waals surface area contributed by atoms with Crippen LogP contribution in [0.2, 0.25) is 0 Å². The predicted molar refractivity (Wildman–Crippen MR) is 89.9 cm³/mol. The first-order valence-corrected chi connectivity index (χ1v) is 8.09. The first-order chi connectivity index (χ1) is 10.1. The number of nitrogens with two attached hydrogens (primary N) is 1. The van der Waals surface area contributed by atoms with Gasteiger partial charge in [0.05, 0.1) is 13.2 Å². The van der Waals surface area contributed by atoms with Crippen LogP contribution in [0.3, 0.4) is 0 Å². The van der Waals surface area contributed by atoms with E-state index in [1.54, 1.807) is 18.9 Å². The number of rotatable bonds is 5. The molecule has 2 rings (SSSR count). The summed E-state index contributed by atoms with van der Waals surface area (Å²) in [6.07, 6.45) is 2.08. The molecule has 0 radical (unpaired) electrons. The molecule has 2 aromatic rings. The third-order valence-corrected chi connectivity index (χ3v) is 4.43. The van der Waals surface area contributed by atoms with Crippen molar-refractivity contribution in [3.63, 3.8) is 0 Å². The van der Waals surface area contributed by atoms with Gasteiger partial charge in [0.1, 0.15) is 5.75 Å². The van der Waals surface area contributed by atoms with Gasteiger partial charge in [-0.05, 0) is 48.9 Å². The van der Waals surface area contributed by atoms with Crippen LogP contribution in [0.25, 0.3) is 0 Å². The molecule has 0 saturated carbocycles. The van der Waals surface area contributed by atoms with E-state index in [4.69, 9.17) is 10.6 Å². The van der Waals surface area contributed by atoms with Crippen LogP contribution in [0.15, 0.2) is 41.3 Å². The van der Waals surface area contributed by atoms with E-state index < -0.39 is 0 Å². The first kappa shape index (κ1) is 15.9. The van der Waals surface area contributed by atoms with E-state index in [2.05, 4.69) is 43.7 Å². The van der Waals surface area contributed by atoms with Crippen LogP contribution in [0.1, 0.15) is 28.3 Å². The molecule has 21 heavy (non-hydrogen) atoms. The molecule has 0 fully saturated rings. The first-order valence-electron chi connectivity index (χ1n) is 6.86. The molecule has 4 heteroatoms. The average Bonchev–Trinajstić information content (AvgIpc) is 2.49. The zero-order chi connectivity index (χ0) is 15.4. The lowest BCUT2D eigenvalue weighted by Crippen LogP contribution is -2.30. The third-order valence-electron chi connectivity index (χ3n) is 3.62. The predicted octanol–water partition coefficient (Wildman–Crippen LogP) is 3.59. The van der Waals surface area contributed by atoms with E-state index in [0.29, 0.717) is 0 Å². The second-order valence-electron chi connectivity index (χ2n) is 5.04. The highest BCUT2D eigenvalue weighted by atomic mass is 32.2. The number of nitrogens with one attached hydrogen (secondary N) is 1. The normalized spacial score (nSPS) is 12.2. The number of hydrogen-bond donors (Lipinski definition) is 2. The van der Waals surface area contributed by atoms with Gasteiger partial charge in [-0.3, -0.25) is 5.84 Å². The Kier molecular flexibility index (Phi) is 5.28. The molecule has 2 aromatic carbocycles. The van der Waals surface area contributed by atoms with Crippen LogP contribution >= 0.6 is 11.8 Å². The Morgan fingerprint density at radius 2 is 1.90 bits per heavy atom. The van der Waals surface area contributed by atoms with Gasteiger partial charge in [0.15, 0.2) is 0 Å². The van der Waals surface area contributed by atoms with Crippen molar-refractivity contribution in [3.8, 4) is 5.75 Å². The minimum atomic E-state index is -0.0933. The Bertz CT molecular complexity index is 628. The van der Waals surface area contributed by atoms with Crippen molar-refractivity contribution in [2.75, 3.05) is 13.4 Å². The van der Waals surface area contributed by atoms with Gasteiger partial charge in [0, 0.05) is 10.5 Å². The maximum Gasteiger partial charge on any atom is 0.124 e. The van der Waals surface area contributed by atoms with E-state index in [9.17, 15) is 0 Å². The molecule has 0 aliphatic carbocycles. The summed E-state index contributed by atoms with van der Waals surface area (Å²) in [6, 6.07) is 12.4. The molecule has 0 aromatic heterocycles. The van der Waals surface area contributed by atoms with Gasteiger partial charge in [-0.1, -0.05) is 24.3 Å². The molecule has 0 saturated heterocycles. The summed E-state index contributed by atoms with van der Waals surface area (Å²) in [7, 11) is 1.70. The molecule has 0 bridgehead atoms. The highest BCUT2D eigenvalue weighted by Crippen LogP contribution is 2.36. The van der Waals surface area contributed by atoms with Crippen LogP contribution in [0, 0.1) is 13.8 Å². The molecule has 1 unspecified atom stereocenters. The van der Waals surface area contributed by atoms with Crippen molar-refractivity contribution in [1.29, 1.82) is 0 Å². The lowest BCUT2D eigenvalue weighted by Gasteiger charge is -2.24. The summed E-state index contributed by atoms with van der Waals surface area (Å²) < 4.78 is 5.58. The zero-order valence-electron chi connectivity index (χ0n) is 12.9. The number of hydrazine groups is 1. The Balaban J connectivity index is 2.62. The van der Waals surface area contributed by atoms with Crippen LogP contribution in [0.5, 0.6) is 5.75 Å². The summed E-state index contributed by atoms with van der Waals surface area (Å²) in [5, 5.41) is 0. The number of aryl methyl sites for hydroxylation is 2. The Labute approximate surface area is 130 Å². The standard InChI is InChI=1S/C17H22N2OS/c1-11-9-12(2)16(14(10-11)20-3)17(19-18)13-7-5-6-8-15(13)21-4/h5-10,17,19H,18H2,1-4H3. The van der Waals surface area contributed by atoms with Gasteiger partial charge in [-0.25, -0.2) is 5.43 Å². The molecular weight excluding hydrogens is 280 g/mol. The van der Waals surface area contributed by atoms with Crippen molar-refractivity contribution in [2.45, 2.75) is 24.8 Å². The molecule has 3 nitrogen and oxygen atoms in total. The number of ether oxygens (including phenoxy) is 1. The number of methoxy groups -OCH3 is 1. The smallest absolute Gasteiger partial charge is 0.124 e. The minimum Gasteiger partial charge on any atom is -0.496 e. The van der Waals surface area contributed by atoms with E-state index >= 15 is 0 Å². The van der Waals surface area contributed by atoms with Crippen molar-refractivity contribution in [3.05, 3.63) is 58.7 Å². The highest BCUT2D eigenvalue weighted by molar-refractivity contribution is 7.98. The fourth-order valence-electron chi connectivity index (χ4n) is 2.71. The Morgan fingerprint density at radius 3 is 2.52 bits per heavy atom. The maximum atomic E-state index is 5.88. The Morgan fingerprint density at radius 1 is 1.19 bits per heavy atom. The topological polar surface area (TPSA) is 47.3 Å². The monoisotopic (exact) mass is 302 g/mol. The summed E-state index contributed by atoms with van der Waals surface area (Å²) >= 11 is 1.72. The van der Waals surface area contributed by atoms with E-state index in [0.717, 1.165) is 16.9 Å². The van der Waals surface area contributed by atoms with Gasteiger partial charge in [-0.15, -0.1) is 11.8 Å². The second kappa shape index (κ2) is 6.98. The summed E-state index contributed by atoms with van der Waals surface area (Å²) in [5.41, 5.74) is 7.56. The van der Waals surface area contributed by atoms with E-state index in [1.165, 1.54) is 16.0 Å². The molecule has 0 aliphatic heterocycles. The molecule has 112 valence electrons. The van der Waals surface area contributed by atoms with Gasteiger partial charge in [0.25, 0.3) is 0 Å². The molecule has 0 aliphatic rings. The fourth-order valence-corrected chi connectivity index (χ4v) is 3.35. The van der Waals surface area contributed by atoms with Crippen LogP contribution in [-0.4, -0.2) is 13.4 Å². The largest absolute Gasteiger partial charge is 0.496 e. The fraction of sp³-hybridized carbons (Fsp3) is 0.294. The summed E-state index contributed by atoms with van der Waals surface area (Å²) in [5.74, 6) is 6.74. The SMILES string of the molecule is COc1cc(C)cc(C)c1C(NN)c1ccccc1SC. The minimum absolute atomic E-state index is 0.0933. The number of benzene rings is 2. The van der Waals surface area contributed by atoms with Crippen molar-refractivity contribution in [2.24, 2.45) is 5.84 Å². The molecule has 0 heterocycles. The zero-order valence-corrected chi connectivity index (χ0v) is 13.8. The van der Waals surface area contributed by atoms with Crippen molar-refractivity contribution >= 4 is 11.8 Å². The molecule has 0 spiro atoms. The summed E-state index contributed by atoms with van der Waals surface area (Å²) in [6.45, 7) is 4.16. The van der Waals surface area contributed by atoms with Crippen molar-refractivity contribution in [1.82, 2.24) is 5.43 Å². The van der Waals surface area contributed by atoms with Crippen LogP contribution < -0.4 is 16.0 Å². The second-order valence-corrected chi connectivity index (χ2v) is 5.89. The quantitative estimate of drug-likeness (QED) is 0.503. The molecule has 3 N–H and O–H groups in total. The van der Waals surface area contributed by atoms with Gasteiger partial charge in [-0.2, -0.15) is 0 Å². The molecule has 0 amide bonds. The Hall–Kier alpha value is -1.49. The average molecular weight is 302 g/mol. The lowest BCUT2D eigenvalue weighted by atomic mass is 9.93.